The summed E-state index contributed by atoms with van der Waals surface area (Å²) in [6.07, 6.45) is 2.94. The van der Waals surface area contributed by atoms with Crippen LogP contribution < -0.4 is 4.90 Å². The lowest BCUT2D eigenvalue weighted by Gasteiger charge is -2.17. The van der Waals surface area contributed by atoms with Gasteiger partial charge in [-0.3, -0.25) is 14.4 Å². The van der Waals surface area contributed by atoms with E-state index in [1.807, 2.05) is 0 Å². The van der Waals surface area contributed by atoms with Crippen LogP contribution in [0.3, 0.4) is 0 Å². The molecular formula is C14H11NO3S2. The second-order valence-corrected chi connectivity index (χ2v) is 6.18. The molecule has 2 rings (SSSR count). The lowest BCUT2D eigenvalue weighted by molar-refractivity contribution is -0.114. The first-order chi connectivity index (χ1) is 9.65. The second kappa shape index (κ2) is 6.58. The Morgan fingerprint density at radius 2 is 1.95 bits per heavy atom. The van der Waals surface area contributed by atoms with E-state index < -0.39 is 0 Å². The van der Waals surface area contributed by atoms with Crippen molar-refractivity contribution in [2.45, 2.75) is 0 Å². The van der Waals surface area contributed by atoms with Gasteiger partial charge in [-0.2, -0.15) is 0 Å². The molecule has 0 N–H and O–H groups in total. The van der Waals surface area contributed by atoms with Gasteiger partial charge in [0.15, 0.2) is 12.6 Å². The van der Waals surface area contributed by atoms with E-state index in [0.29, 0.717) is 16.2 Å². The molecule has 1 heterocycles. The van der Waals surface area contributed by atoms with Crippen LogP contribution >= 0.6 is 23.5 Å². The average molecular weight is 305 g/mol. The van der Waals surface area contributed by atoms with Crippen LogP contribution in [0.1, 0.15) is 10.4 Å². The van der Waals surface area contributed by atoms with Crippen LogP contribution in [-0.4, -0.2) is 25.5 Å². The molecule has 0 saturated carbocycles. The molecule has 0 aliphatic carbocycles. The van der Waals surface area contributed by atoms with Gasteiger partial charge in [0.2, 0.25) is 0 Å². The zero-order chi connectivity index (χ0) is 14.5. The maximum absolute atomic E-state index is 12.2. The van der Waals surface area contributed by atoms with Gasteiger partial charge < -0.3 is 4.90 Å². The fourth-order valence-corrected chi connectivity index (χ4v) is 3.46. The second-order valence-electron chi connectivity index (χ2n) is 3.90. The van der Waals surface area contributed by atoms with Crippen molar-refractivity contribution in [3.8, 4) is 0 Å². The van der Waals surface area contributed by atoms with Crippen LogP contribution in [0, 0.1) is 0 Å². The zero-order valence-electron chi connectivity index (χ0n) is 10.6. The number of amides is 1. The molecule has 1 aliphatic heterocycles. The van der Waals surface area contributed by atoms with Crippen molar-refractivity contribution in [2.24, 2.45) is 0 Å². The Morgan fingerprint density at radius 1 is 1.20 bits per heavy atom. The Hall–Kier alpha value is -1.79. The van der Waals surface area contributed by atoms with E-state index >= 15 is 0 Å². The molecule has 1 amide bonds. The monoisotopic (exact) mass is 305 g/mol. The van der Waals surface area contributed by atoms with Crippen LogP contribution in [-0.2, 0) is 9.59 Å². The Bertz CT molecular complexity index is 623. The third kappa shape index (κ3) is 3.20. The quantitative estimate of drug-likeness (QED) is 0.632. The Balaban J connectivity index is 2.16. The summed E-state index contributed by atoms with van der Waals surface area (Å²) in [7, 11) is 1.61. The Labute approximate surface area is 124 Å². The standard InChI is InChI=1S/C14H11NO3S2/c1-15(12-5-3-2-4-10(12)7-16)13(18)6-14-19-9-11(8-17)20-14/h2-9H,1H3/b14-6-. The molecule has 0 bridgehead atoms. The van der Waals surface area contributed by atoms with Crippen LogP contribution in [0.2, 0.25) is 0 Å². The molecule has 1 aromatic rings. The number of carbonyl (C=O) groups is 3. The molecule has 6 heteroatoms. The highest BCUT2D eigenvalue weighted by atomic mass is 32.2. The minimum atomic E-state index is -0.241. The van der Waals surface area contributed by atoms with Gasteiger partial charge in [0.1, 0.15) is 0 Å². The molecule has 0 saturated heterocycles. The molecule has 1 aliphatic rings. The van der Waals surface area contributed by atoms with Gasteiger partial charge in [0.05, 0.1) is 14.8 Å². The molecule has 0 fully saturated rings. The summed E-state index contributed by atoms with van der Waals surface area (Å²) < 4.78 is 0.743. The van der Waals surface area contributed by atoms with Crippen molar-refractivity contribution in [1.29, 1.82) is 0 Å². The van der Waals surface area contributed by atoms with Gasteiger partial charge in [-0.1, -0.05) is 35.7 Å². The summed E-state index contributed by atoms with van der Waals surface area (Å²) in [6.45, 7) is 0. The minimum Gasteiger partial charge on any atom is -0.311 e. The first kappa shape index (κ1) is 14.6. The molecule has 102 valence electrons. The summed E-state index contributed by atoms with van der Waals surface area (Å²) in [4.78, 5) is 35.7. The van der Waals surface area contributed by atoms with Gasteiger partial charge >= 0.3 is 0 Å². The number of carbonyl (C=O) groups excluding carboxylic acids is 3. The van der Waals surface area contributed by atoms with Crippen molar-refractivity contribution in [2.75, 3.05) is 11.9 Å². The molecule has 20 heavy (non-hydrogen) atoms. The van der Waals surface area contributed by atoms with E-state index in [4.69, 9.17) is 0 Å². The zero-order valence-corrected chi connectivity index (χ0v) is 12.2. The first-order valence-corrected chi connectivity index (χ1v) is 7.38. The third-order valence-corrected chi connectivity index (χ3v) is 4.80. The van der Waals surface area contributed by atoms with E-state index in [-0.39, 0.29) is 5.91 Å². The number of anilines is 1. The highest BCUT2D eigenvalue weighted by Gasteiger charge is 2.16. The molecular weight excluding hydrogens is 294 g/mol. The highest BCUT2D eigenvalue weighted by Crippen LogP contribution is 2.42. The lowest BCUT2D eigenvalue weighted by atomic mass is 10.2. The summed E-state index contributed by atoms with van der Waals surface area (Å²) >= 11 is 2.60. The molecule has 0 aromatic heterocycles. The van der Waals surface area contributed by atoms with E-state index in [0.717, 1.165) is 16.8 Å². The summed E-state index contributed by atoms with van der Waals surface area (Å²) in [5, 5.41) is 1.70. The van der Waals surface area contributed by atoms with Gasteiger partial charge in [-0.15, -0.1) is 0 Å². The van der Waals surface area contributed by atoms with Crippen molar-refractivity contribution < 1.29 is 14.4 Å². The Kier molecular flexibility index (Phi) is 4.81. The lowest BCUT2D eigenvalue weighted by Crippen LogP contribution is -2.25. The molecule has 0 unspecified atom stereocenters. The summed E-state index contributed by atoms with van der Waals surface area (Å²) in [5.41, 5.74) is 1.01. The third-order valence-electron chi connectivity index (χ3n) is 2.62. The van der Waals surface area contributed by atoms with E-state index in [9.17, 15) is 14.4 Å². The van der Waals surface area contributed by atoms with Crippen molar-refractivity contribution in [1.82, 2.24) is 0 Å². The fraction of sp³-hybridized carbons (Fsp3) is 0.0714. The molecule has 1 aromatic carbocycles. The largest absolute Gasteiger partial charge is 0.311 e. The van der Waals surface area contributed by atoms with Crippen LogP contribution in [0.15, 0.2) is 44.9 Å². The van der Waals surface area contributed by atoms with Crippen molar-refractivity contribution in [3.63, 3.8) is 0 Å². The number of aldehydes is 2. The average Bonchev–Trinajstić information content (AvgIpc) is 2.94. The van der Waals surface area contributed by atoms with Gasteiger partial charge in [0, 0.05) is 18.7 Å². The Morgan fingerprint density at radius 3 is 2.60 bits per heavy atom. The fourth-order valence-electron chi connectivity index (χ4n) is 1.60. The minimum absolute atomic E-state index is 0.241. The summed E-state index contributed by atoms with van der Waals surface area (Å²) in [5.74, 6) is -0.241. The number of nitrogens with zero attached hydrogens (tertiary/aromatic N) is 1. The highest BCUT2D eigenvalue weighted by molar-refractivity contribution is 8.28. The SMILES string of the molecule is CN(C(=O)/C=C1/SC=C(C=O)S1)c1ccccc1C=O. The van der Waals surface area contributed by atoms with Gasteiger partial charge in [-0.25, -0.2) is 0 Å². The predicted octanol–water partition coefficient (Wildman–Crippen LogP) is 2.82. The number of thioether (sulfide) groups is 2. The summed E-state index contributed by atoms with van der Waals surface area (Å²) in [6, 6.07) is 6.88. The van der Waals surface area contributed by atoms with Crippen molar-refractivity contribution in [3.05, 3.63) is 50.5 Å². The molecule has 4 nitrogen and oxygen atoms in total. The van der Waals surface area contributed by atoms with E-state index in [1.54, 1.807) is 36.7 Å². The maximum atomic E-state index is 12.2. The number of hydrogen-bond donors (Lipinski definition) is 0. The number of rotatable bonds is 4. The van der Waals surface area contributed by atoms with Crippen LogP contribution in [0.5, 0.6) is 0 Å². The number of allylic oxidation sites excluding steroid dienone is 1. The van der Waals surface area contributed by atoms with Gasteiger partial charge in [0.25, 0.3) is 5.91 Å². The van der Waals surface area contributed by atoms with E-state index in [1.165, 1.54) is 34.5 Å². The smallest absolute Gasteiger partial charge is 0.252 e. The van der Waals surface area contributed by atoms with Gasteiger partial charge in [-0.05, 0) is 17.5 Å². The topological polar surface area (TPSA) is 54.5 Å². The predicted molar refractivity (Wildman–Crippen MR) is 82.7 cm³/mol. The number of para-hydroxylation sites is 1. The molecule has 0 radical (unpaired) electrons. The number of hydrogen-bond acceptors (Lipinski definition) is 5. The number of likely N-dealkylation sites (N-methyl/N-ethyl adjacent to an activating group) is 1. The number of benzene rings is 1. The normalized spacial score (nSPS) is 15.8. The van der Waals surface area contributed by atoms with E-state index in [2.05, 4.69) is 0 Å². The molecule has 0 spiro atoms. The van der Waals surface area contributed by atoms with Crippen molar-refractivity contribution >= 4 is 47.7 Å². The molecule has 0 atom stereocenters. The first-order valence-electron chi connectivity index (χ1n) is 5.69. The van der Waals surface area contributed by atoms with Crippen LogP contribution in [0.4, 0.5) is 5.69 Å². The van der Waals surface area contributed by atoms with Crippen LogP contribution in [0.25, 0.3) is 0 Å². The maximum Gasteiger partial charge on any atom is 0.252 e.